The van der Waals surface area contributed by atoms with Gasteiger partial charge in [0.1, 0.15) is 0 Å². The van der Waals surface area contributed by atoms with Crippen LogP contribution in [0.5, 0.6) is 0 Å². The number of benzene rings is 2. The van der Waals surface area contributed by atoms with Crippen LogP contribution in [0.2, 0.25) is 0 Å². The highest BCUT2D eigenvalue weighted by Crippen LogP contribution is 2.37. The number of rotatable bonds is 8. The highest BCUT2D eigenvalue weighted by molar-refractivity contribution is 7.89. The average Bonchev–Trinajstić information content (AvgIpc) is 3.48. The van der Waals surface area contributed by atoms with Gasteiger partial charge in [0.15, 0.2) is 0 Å². The third kappa shape index (κ3) is 5.97. The van der Waals surface area contributed by atoms with Gasteiger partial charge in [-0.3, -0.25) is 9.59 Å². The minimum absolute atomic E-state index is 0.146. The lowest BCUT2D eigenvalue weighted by atomic mass is 10.0. The molecule has 0 radical (unpaired) electrons. The van der Waals surface area contributed by atoms with Crippen molar-refractivity contribution in [3.05, 3.63) is 81.7 Å². The molecule has 0 spiro atoms. The molecule has 1 saturated heterocycles. The van der Waals surface area contributed by atoms with Crippen LogP contribution in [-0.4, -0.2) is 92.2 Å². The Morgan fingerprint density at radius 1 is 1.02 bits per heavy atom. The number of aromatic nitrogens is 1. The number of hydrogen-bond donors (Lipinski definition) is 3. The molecule has 11 heteroatoms. The lowest BCUT2D eigenvalue weighted by Gasteiger charge is -2.32. The molecule has 6 rings (SSSR count). The molecule has 44 heavy (non-hydrogen) atoms. The topological polar surface area (TPSA) is 118 Å². The van der Waals surface area contributed by atoms with Crippen molar-refractivity contribution in [1.82, 2.24) is 24.4 Å². The molecule has 4 heterocycles. The van der Waals surface area contributed by atoms with Gasteiger partial charge in [-0.05, 0) is 81.2 Å². The zero-order chi connectivity index (χ0) is 31.0. The van der Waals surface area contributed by atoms with Crippen molar-refractivity contribution < 1.29 is 18.0 Å². The van der Waals surface area contributed by atoms with Gasteiger partial charge < -0.3 is 25.4 Å². The second kappa shape index (κ2) is 12.3. The van der Waals surface area contributed by atoms with E-state index in [9.17, 15) is 18.0 Å². The molecule has 2 aromatic carbocycles. The molecule has 2 amide bonds. The highest BCUT2D eigenvalue weighted by atomic mass is 32.2. The Morgan fingerprint density at radius 2 is 1.77 bits per heavy atom. The largest absolute Gasteiger partial charge is 0.358 e. The molecule has 10 nitrogen and oxygen atoms in total. The number of nitrogens with zero attached hydrogens (tertiary/aromatic N) is 3. The van der Waals surface area contributed by atoms with Crippen molar-refractivity contribution >= 4 is 39.2 Å². The molecule has 3 aromatic rings. The van der Waals surface area contributed by atoms with Crippen LogP contribution in [0, 0.1) is 13.8 Å². The molecule has 232 valence electrons. The van der Waals surface area contributed by atoms with Crippen molar-refractivity contribution in [2.75, 3.05) is 58.2 Å². The molecule has 0 saturated carbocycles. The summed E-state index contributed by atoms with van der Waals surface area (Å²) in [7, 11) is -1.64. The molecule has 0 bridgehead atoms. The maximum Gasteiger partial charge on any atom is 0.256 e. The van der Waals surface area contributed by atoms with Crippen molar-refractivity contribution in [1.29, 1.82) is 0 Å². The van der Waals surface area contributed by atoms with Gasteiger partial charge in [-0.25, -0.2) is 8.42 Å². The Balaban J connectivity index is 1.18. The van der Waals surface area contributed by atoms with Crippen molar-refractivity contribution in [2.45, 2.75) is 38.1 Å². The molecule has 1 fully saturated rings. The van der Waals surface area contributed by atoms with Crippen LogP contribution in [0.25, 0.3) is 11.6 Å². The van der Waals surface area contributed by atoms with Gasteiger partial charge in [-0.1, -0.05) is 24.3 Å². The SMILES string of the molecule is Cc1[nH]c(/C=C2\C(=O)Nc3ccc(S(=O)(=O)N4CCc5ccccc5C4)cc32)c(C)c1C(=O)NCCCN1CCN(C)CC1. The van der Waals surface area contributed by atoms with Gasteiger partial charge in [0.2, 0.25) is 10.0 Å². The van der Waals surface area contributed by atoms with Crippen LogP contribution < -0.4 is 10.6 Å². The van der Waals surface area contributed by atoms with Gasteiger partial charge in [0, 0.05) is 68.5 Å². The van der Waals surface area contributed by atoms with E-state index in [0.717, 1.165) is 50.3 Å². The molecule has 3 aliphatic heterocycles. The van der Waals surface area contributed by atoms with E-state index in [-0.39, 0.29) is 16.7 Å². The molecular formula is C33H40N6O4S. The predicted octanol–water partition coefficient (Wildman–Crippen LogP) is 3.24. The summed E-state index contributed by atoms with van der Waals surface area (Å²) < 4.78 is 28.9. The van der Waals surface area contributed by atoms with Crippen LogP contribution in [0.4, 0.5) is 5.69 Å². The molecular weight excluding hydrogens is 576 g/mol. The third-order valence-electron chi connectivity index (χ3n) is 9.03. The number of piperazine rings is 1. The Morgan fingerprint density at radius 3 is 2.55 bits per heavy atom. The van der Waals surface area contributed by atoms with E-state index in [4.69, 9.17) is 0 Å². The lowest BCUT2D eigenvalue weighted by molar-refractivity contribution is -0.110. The zero-order valence-corrected chi connectivity index (χ0v) is 26.4. The standard InChI is InChI=1S/C33H40N6O4S/c1-22-30(35-23(2)31(22)33(41)34-12-6-13-38-17-15-37(3)16-18-38)20-28-27-19-26(9-10-29(27)36-32(28)40)44(42,43)39-14-11-24-7-4-5-8-25(24)21-39/h4-5,7-10,19-20,35H,6,11-18,21H2,1-3H3,(H,34,41)(H,36,40)/b28-20-. The number of amides is 2. The van der Waals surface area contributed by atoms with Crippen molar-refractivity contribution in [3.8, 4) is 0 Å². The number of carbonyl (C=O) groups excluding carboxylic acids is 2. The first kappa shape index (κ1) is 30.3. The monoisotopic (exact) mass is 616 g/mol. The number of anilines is 1. The van der Waals surface area contributed by atoms with Crippen molar-refractivity contribution in [3.63, 3.8) is 0 Å². The number of likely N-dealkylation sites (N-methyl/N-ethyl adjacent to an activating group) is 1. The van der Waals surface area contributed by atoms with Gasteiger partial charge in [0.25, 0.3) is 11.8 Å². The fourth-order valence-corrected chi connectivity index (χ4v) is 7.81. The maximum atomic E-state index is 13.7. The molecule has 3 N–H and O–H groups in total. The number of sulfonamides is 1. The Kier molecular flexibility index (Phi) is 8.47. The van der Waals surface area contributed by atoms with E-state index in [2.05, 4.69) is 32.5 Å². The number of nitrogens with one attached hydrogen (secondary N) is 3. The molecule has 1 aromatic heterocycles. The van der Waals surface area contributed by atoms with Gasteiger partial charge in [0.05, 0.1) is 16.0 Å². The summed E-state index contributed by atoms with van der Waals surface area (Å²) in [5, 5.41) is 5.91. The predicted molar refractivity (Wildman–Crippen MR) is 172 cm³/mol. The number of aromatic amines is 1. The number of carbonyl (C=O) groups is 2. The van der Waals surface area contributed by atoms with E-state index < -0.39 is 10.0 Å². The van der Waals surface area contributed by atoms with Gasteiger partial charge in [-0.15, -0.1) is 0 Å². The van der Waals surface area contributed by atoms with E-state index >= 15 is 0 Å². The second-order valence-electron chi connectivity index (χ2n) is 12.0. The number of hydrogen-bond acceptors (Lipinski definition) is 6. The fourth-order valence-electron chi connectivity index (χ4n) is 6.36. The highest BCUT2D eigenvalue weighted by Gasteiger charge is 2.32. The first-order valence-electron chi connectivity index (χ1n) is 15.2. The lowest BCUT2D eigenvalue weighted by Crippen LogP contribution is -2.45. The first-order valence-corrected chi connectivity index (χ1v) is 16.7. The van der Waals surface area contributed by atoms with Crippen LogP contribution in [-0.2, 0) is 27.8 Å². The van der Waals surface area contributed by atoms with Crippen LogP contribution >= 0.6 is 0 Å². The first-order chi connectivity index (χ1) is 21.1. The van der Waals surface area contributed by atoms with E-state index in [1.54, 1.807) is 24.3 Å². The van der Waals surface area contributed by atoms with E-state index in [0.29, 0.717) is 59.8 Å². The normalized spacial score (nSPS) is 18.7. The summed E-state index contributed by atoms with van der Waals surface area (Å²) in [6.45, 7) is 10.2. The summed E-state index contributed by atoms with van der Waals surface area (Å²) in [6, 6.07) is 12.7. The summed E-state index contributed by atoms with van der Waals surface area (Å²) in [4.78, 5) is 34.4. The van der Waals surface area contributed by atoms with Crippen molar-refractivity contribution in [2.24, 2.45) is 0 Å². The molecule has 3 aliphatic rings. The van der Waals surface area contributed by atoms with Crippen LogP contribution in [0.1, 0.15) is 50.4 Å². The van der Waals surface area contributed by atoms with Gasteiger partial charge in [-0.2, -0.15) is 4.31 Å². The zero-order valence-electron chi connectivity index (χ0n) is 25.6. The Bertz CT molecular complexity index is 1740. The quantitative estimate of drug-likeness (QED) is 0.264. The third-order valence-corrected chi connectivity index (χ3v) is 10.9. The second-order valence-corrected chi connectivity index (χ2v) is 13.9. The fraction of sp³-hybridized carbons (Fsp3) is 0.394. The Hall–Kier alpha value is -3.77. The van der Waals surface area contributed by atoms with Gasteiger partial charge >= 0.3 is 0 Å². The van der Waals surface area contributed by atoms with E-state index in [1.165, 1.54) is 9.87 Å². The minimum Gasteiger partial charge on any atom is -0.358 e. The van der Waals surface area contributed by atoms with E-state index in [1.807, 2.05) is 38.1 Å². The smallest absolute Gasteiger partial charge is 0.256 e. The minimum atomic E-state index is -3.78. The maximum absolute atomic E-state index is 13.7. The summed E-state index contributed by atoms with van der Waals surface area (Å²) in [5.74, 6) is -0.463. The number of aryl methyl sites for hydroxylation is 1. The average molecular weight is 617 g/mol. The number of fused-ring (bicyclic) bond motifs is 2. The number of H-pyrrole nitrogens is 1. The molecule has 0 atom stereocenters. The summed E-state index contributed by atoms with van der Waals surface area (Å²) >= 11 is 0. The van der Waals surface area contributed by atoms with Crippen LogP contribution in [0.3, 0.4) is 0 Å². The summed E-state index contributed by atoms with van der Waals surface area (Å²) in [5.41, 5.74) is 6.27. The molecule has 0 unspecified atom stereocenters. The molecule has 0 aliphatic carbocycles. The van der Waals surface area contributed by atoms with Crippen LogP contribution in [0.15, 0.2) is 47.4 Å². The Labute approximate surface area is 259 Å². The summed E-state index contributed by atoms with van der Waals surface area (Å²) in [6.07, 6.45) is 3.24.